The second-order valence-electron chi connectivity index (χ2n) is 3.16. The van der Waals surface area contributed by atoms with Crippen LogP contribution in [0.1, 0.15) is 15.9 Å². The molecule has 0 saturated carbocycles. The molecule has 1 aromatic heterocycles. The molecule has 0 unspecified atom stereocenters. The van der Waals surface area contributed by atoms with E-state index in [0.29, 0.717) is 6.26 Å². The Morgan fingerprint density at radius 2 is 2.00 bits per heavy atom. The van der Waals surface area contributed by atoms with E-state index in [2.05, 4.69) is 4.42 Å². The summed E-state index contributed by atoms with van der Waals surface area (Å²) in [6, 6.07) is 3.26. The molecule has 2 rings (SSSR count). The normalized spacial score (nSPS) is 11.9. The van der Waals surface area contributed by atoms with Gasteiger partial charge >= 0.3 is 12.1 Å². The van der Waals surface area contributed by atoms with Crippen LogP contribution < -0.4 is 0 Å². The van der Waals surface area contributed by atoms with E-state index in [0.717, 1.165) is 18.2 Å². The molecular weight excluding hydrogens is 225 g/mol. The molecule has 16 heavy (non-hydrogen) atoms. The van der Waals surface area contributed by atoms with Crippen molar-refractivity contribution in [1.82, 2.24) is 0 Å². The van der Waals surface area contributed by atoms with Crippen LogP contribution in [0.25, 0.3) is 11.0 Å². The number of hydrogen-bond acceptors (Lipinski definition) is 2. The van der Waals surface area contributed by atoms with E-state index in [-0.39, 0.29) is 16.5 Å². The average Bonchev–Trinajstić information content (AvgIpc) is 2.58. The molecule has 1 aromatic carbocycles. The number of benzene rings is 1. The minimum absolute atomic E-state index is 0.0905. The molecule has 0 spiro atoms. The van der Waals surface area contributed by atoms with Crippen LogP contribution in [0.4, 0.5) is 13.2 Å². The lowest BCUT2D eigenvalue weighted by Gasteiger charge is -2.02. The molecule has 0 atom stereocenters. The molecule has 1 heterocycles. The number of carbonyl (C=O) groups is 1. The Morgan fingerprint density at radius 3 is 2.56 bits per heavy atom. The number of aromatic carboxylic acids is 1. The SMILES string of the molecule is O=C(O)c1ccc2c(C(F)(F)F)coc2c1. The molecule has 84 valence electrons. The molecule has 0 amide bonds. The summed E-state index contributed by atoms with van der Waals surface area (Å²) >= 11 is 0. The molecule has 0 saturated heterocycles. The maximum Gasteiger partial charge on any atom is 0.420 e. The van der Waals surface area contributed by atoms with E-state index in [1.165, 1.54) is 0 Å². The largest absolute Gasteiger partial charge is 0.478 e. The molecule has 1 N–H and O–H groups in total. The summed E-state index contributed by atoms with van der Waals surface area (Å²) in [5.74, 6) is -1.22. The summed E-state index contributed by atoms with van der Waals surface area (Å²) in [6.07, 6.45) is -3.92. The molecule has 0 fully saturated rings. The van der Waals surface area contributed by atoms with Gasteiger partial charge in [0, 0.05) is 5.39 Å². The van der Waals surface area contributed by atoms with Crippen LogP contribution in [0.15, 0.2) is 28.9 Å². The maximum absolute atomic E-state index is 12.4. The summed E-state index contributed by atoms with van der Waals surface area (Å²) < 4.78 is 42.0. The molecular formula is C10H5F3O3. The van der Waals surface area contributed by atoms with Crippen molar-refractivity contribution in [3.8, 4) is 0 Å². The van der Waals surface area contributed by atoms with E-state index < -0.39 is 17.7 Å². The third kappa shape index (κ3) is 1.62. The lowest BCUT2D eigenvalue weighted by Crippen LogP contribution is -2.03. The molecule has 0 aliphatic carbocycles. The third-order valence-corrected chi connectivity index (χ3v) is 2.13. The van der Waals surface area contributed by atoms with Crippen molar-refractivity contribution < 1.29 is 27.5 Å². The van der Waals surface area contributed by atoms with Gasteiger partial charge in [-0.1, -0.05) is 0 Å². The first kappa shape index (κ1) is 10.5. The fourth-order valence-electron chi connectivity index (χ4n) is 1.38. The van der Waals surface area contributed by atoms with Crippen LogP contribution in [0, 0.1) is 0 Å². The van der Waals surface area contributed by atoms with Crippen molar-refractivity contribution in [2.24, 2.45) is 0 Å². The van der Waals surface area contributed by atoms with E-state index in [9.17, 15) is 18.0 Å². The molecule has 2 aromatic rings. The predicted molar refractivity (Wildman–Crippen MR) is 48.2 cm³/mol. The molecule has 0 bridgehead atoms. The van der Waals surface area contributed by atoms with Crippen LogP contribution in [0.3, 0.4) is 0 Å². The summed E-state index contributed by atoms with van der Waals surface area (Å²) in [4.78, 5) is 10.6. The van der Waals surface area contributed by atoms with Gasteiger partial charge in [-0.05, 0) is 18.2 Å². The van der Waals surface area contributed by atoms with E-state index in [1.54, 1.807) is 0 Å². The average molecular weight is 230 g/mol. The first-order valence-electron chi connectivity index (χ1n) is 4.21. The van der Waals surface area contributed by atoms with Gasteiger partial charge in [-0.3, -0.25) is 0 Å². The van der Waals surface area contributed by atoms with E-state index in [4.69, 9.17) is 5.11 Å². The number of alkyl halides is 3. The topological polar surface area (TPSA) is 50.4 Å². The first-order chi connectivity index (χ1) is 7.39. The fourth-order valence-corrected chi connectivity index (χ4v) is 1.38. The van der Waals surface area contributed by atoms with Crippen LogP contribution in [-0.2, 0) is 6.18 Å². The van der Waals surface area contributed by atoms with Crippen LogP contribution in [0.5, 0.6) is 0 Å². The molecule has 6 heteroatoms. The summed E-state index contributed by atoms with van der Waals surface area (Å²) in [7, 11) is 0. The number of halogens is 3. The number of furan rings is 1. The number of fused-ring (bicyclic) bond motifs is 1. The van der Waals surface area contributed by atoms with Crippen molar-refractivity contribution in [2.75, 3.05) is 0 Å². The second-order valence-corrected chi connectivity index (χ2v) is 3.16. The Hall–Kier alpha value is -1.98. The van der Waals surface area contributed by atoms with Gasteiger partial charge in [0.25, 0.3) is 0 Å². The monoisotopic (exact) mass is 230 g/mol. The van der Waals surface area contributed by atoms with Crippen LogP contribution in [0.2, 0.25) is 0 Å². The van der Waals surface area contributed by atoms with Crippen molar-refractivity contribution in [3.63, 3.8) is 0 Å². The molecule has 0 aliphatic heterocycles. The minimum Gasteiger partial charge on any atom is -0.478 e. The molecule has 0 radical (unpaired) electrons. The smallest absolute Gasteiger partial charge is 0.420 e. The Labute approximate surface area is 87.1 Å². The summed E-state index contributed by atoms with van der Waals surface area (Å²) in [6.45, 7) is 0. The number of carboxylic acids is 1. The second kappa shape index (κ2) is 3.26. The van der Waals surface area contributed by atoms with Gasteiger partial charge in [0.1, 0.15) is 17.4 Å². The highest BCUT2D eigenvalue weighted by molar-refractivity contribution is 5.93. The zero-order valence-corrected chi connectivity index (χ0v) is 7.71. The maximum atomic E-state index is 12.4. The van der Waals surface area contributed by atoms with Crippen molar-refractivity contribution >= 4 is 16.9 Å². The van der Waals surface area contributed by atoms with Gasteiger partial charge in [0.15, 0.2) is 0 Å². The highest BCUT2D eigenvalue weighted by Crippen LogP contribution is 2.36. The third-order valence-electron chi connectivity index (χ3n) is 2.13. The predicted octanol–water partition coefficient (Wildman–Crippen LogP) is 3.15. The van der Waals surface area contributed by atoms with Gasteiger partial charge in [-0.15, -0.1) is 0 Å². The summed E-state index contributed by atoms with van der Waals surface area (Å²) in [5.41, 5.74) is -1.11. The van der Waals surface area contributed by atoms with Crippen molar-refractivity contribution in [3.05, 3.63) is 35.6 Å². The standard InChI is InChI=1S/C10H5F3O3/c11-10(12,13)7-4-16-8-3-5(9(14)15)1-2-6(7)8/h1-4H,(H,14,15). The Kier molecular flexibility index (Phi) is 2.15. The number of hydrogen-bond donors (Lipinski definition) is 1. The van der Waals surface area contributed by atoms with E-state index >= 15 is 0 Å². The summed E-state index contributed by atoms with van der Waals surface area (Å²) in [5, 5.41) is 8.51. The number of rotatable bonds is 1. The van der Waals surface area contributed by atoms with Crippen LogP contribution in [-0.4, -0.2) is 11.1 Å². The minimum atomic E-state index is -4.50. The van der Waals surface area contributed by atoms with Gasteiger partial charge in [0.05, 0.1) is 5.56 Å². The Bertz CT molecular complexity index is 554. The first-order valence-corrected chi connectivity index (χ1v) is 4.21. The lowest BCUT2D eigenvalue weighted by molar-refractivity contribution is -0.136. The van der Waals surface area contributed by atoms with Crippen molar-refractivity contribution in [1.29, 1.82) is 0 Å². The quantitative estimate of drug-likeness (QED) is 0.818. The zero-order chi connectivity index (χ0) is 11.9. The lowest BCUT2D eigenvalue weighted by atomic mass is 10.1. The van der Waals surface area contributed by atoms with E-state index in [1.807, 2.05) is 0 Å². The van der Waals surface area contributed by atoms with Crippen LogP contribution >= 0.6 is 0 Å². The number of carboxylic acid groups (broad SMARTS) is 1. The van der Waals surface area contributed by atoms with Gasteiger partial charge in [-0.2, -0.15) is 13.2 Å². The van der Waals surface area contributed by atoms with Gasteiger partial charge in [0.2, 0.25) is 0 Å². The molecule has 0 aliphatic rings. The van der Waals surface area contributed by atoms with Gasteiger partial charge in [-0.25, -0.2) is 4.79 Å². The molecule has 3 nitrogen and oxygen atoms in total. The Balaban J connectivity index is 2.64. The fraction of sp³-hybridized carbons (Fsp3) is 0.100. The highest BCUT2D eigenvalue weighted by atomic mass is 19.4. The van der Waals surface area contributed by atoms with Gasteiger partial charge < -0.3 is 9.52 Å². The van der Waals surface area contributed by atoms with Crippen molar-refractivity contribution in [2.45, 2.75) is 6.18 Å². The Morgan fingerprint density at radius 1 is 1.31 bits per heavy atom. The zero-order valence-electron chi connectivity index (χ0n) is 7.71. The highest BCUT2D eigenvalue weighted by Gasteiger charge is 2.34.